The minimum absolute atomic E-state index is 0.0304. The van der Waals surface area contributed by atoms with E-state index in [0.29, 0.717) is 0 Å². The summed E-state index contributed by atoms with van der Waals surface area (Å²) >= 11 is 0. The Morgan fingerprint density at radius 3 is 2.67 bits per heavy atom. The Kier molecular flexibility index (Phi) is 3.73. The van der Waals surface area contributed by atoms with Crippen LogP contribution < -0.4 is 5.32 Å². The number of hydrogen-bond acceptors (Lipinski definition) is 3. The van der Waals surface area contributed by atoms with Gasteiger partial charge in [0.1, 0.15) is 12.2 Å². The molecule has 0 spiro atoms. The molecule has 0 bridgehead atoms. The van der Waals surface area contributed by atoms with Crippen LogP contribution in [0.2, 0.25) is 0 Å². The molecule has 0 unspecified atom stereocenters. The van der Waals surface area contributed by atoms with Crippen molar-refractivity contribution in [1.29, 1.82) is 0 Å². The highest BCUT2D eigenvalue weighted by atomic mass is 16.1. The Bertz CT molecular complexity index is 624. The van der Waals surface area contributed by atoms with Crippen molar-refractivity contribution in [3.05, 3.63) is 47.5 Å². The van der Waals surface area contributed by atoms with Gasteiger partial charge in [0.05, 0.1) is 6.04 Å². The van der Waals surface area contributed by atoms with Gasteiger partial charge in [0, 0.05) is 12.5 Å². The number of amides is 1. The van der Waals surface area contributed by atoms with E-state index in [2.05, 4.69) is 27.5 Å². The van der Waals surface area contributed by atoms with Gasteiger partial charge in [-0.05, 0) is 37.8 Å². The van der Waals surface area contributed by atoms with Crippen LogP contribution in [0.25, 0.3) is 0 Å². The molecule has 0 saturated heterocycles. The van der Waals surface area contributed by atoms with E-state index in [4.69, 9.17) is 0 Å². The van der Waals surface area contributed by atoms with Crippen molar-refractivity contribution >= 4 is 5.91 Å². The molecule has 1 atom stereocenters. The van der Waals surface area contributed by atoms with Crippen molar-refractivity contribution in [2.75, 3.05) is 0 Å². The molecule has 0 fully saturated rings. The van der Waals surface area contributed by atoms with Gasteiger partial charge in [-0.2, -0.15) is 5.10 Å². The zero-order valence-corrected chi connectivity index (χ0v) is 12.4. The topological polar surface area (TPSA) is 59.8 Å². The van der Waals surface area contributed by atoms with Crippen LogP contribution in [0.4, 0.5) is 0 Å². The van der Waals surface area contributed by atoms with Gasteiger partial charge in [-0.15, -0.1) is 0 Å². The number of benzene rings is 1. The number of hydrogen-bond donors (Lipinski definition) is 1. The van der Waals surface area contributed by atoms with Crippen molar-refractivity contribution in [3.8, 4) is 0 Å². The molecule has 21 heavy (non-hydrogen) atoms. The van der Waals surface area contributed by atoms with E-state index in [1.165, 1.54) is 17.5 Å². The van der Waals surface area contributed by atoms with Gasteiger partial charge in [0.25, 0.3) is 0 Å². The average Bonchev–Trinajstić information content (AvgIpc) is 3.13. The number of nitrogens with zero attached hydrogens (tertiary/aromatic N) is 3. The van der Waals surface area contributed by atoms with Crippen LogP contribution in [0, 0.1) is 5.92 Å². The summed E-state index contributed by atoms with van der Waals surface area (Å²) in [6, 6.07) is 8.17. The molecule has 1 aromatic heterocycles. The maximum atomic E-state index is 12.5. The van der Waals surface area contributed by atoms with Gasteiger partial charge in [0.2, 0.25) is 5.91 Å². The number of aryl methyl sites for hydroxylation is 1. The van der Waals surface area contributed by atoms with Crippen LogP contribution in [0.1, 0.15) is 36.8 Å². The second-order valence-corrected chi connectivity index (χ2v) is 5.54. The number of nitrogens with one attached hydrogen (secondary N) is 1. The maximum Gasteiger partial charge on any atom is 0.224 e. The quantitative estimate of drug-likeness (QED) is 0.932. The van der Waals surface area contributed by atoms with Gasteiger partial charge >= 0.3 is 0 Å². The molecular formula is C16H20N4O. The third kappa shape index (κ3) is 2.68. The van der Waals surface area contributed by atoms with Crippen LogP contribution in [-0.4, -0.2) is 20.7 Å². The fourth-order valence-corrected chi connectivity index (χ4v) is 2.99. The molecule has 5 heteroatoms. The van der Waals surface area contributed by atoms with E-state index < -0.39 is 0 Å². The molecule has 1 heterocycles. The first-order chi connectivity index (χ1) is 10.2. The molecule has 3 rings (SSSR count). The minimum Gasteiger partial charge on any atom is -0.346 e. The highest BCUT2D eigenvalue weighted by Gasteiger charge is 2.28. The highest BCUT2D eigenvalue weighted by molar-refractivity contribution is 5.80. The summed E-state index contributed by atoms with van der Waals surface area (Å²) in [6.07, 6.45) is 3.19. The van der Waals surface area contributed by atoms with Gasteiger partial charge in [0.15, 0.2) is 0 Å². The molecule has 0 radical (unpaired) electrons. The van der Waals surface area contributed by atoms with Crippen molar-refractivity contribution in [2.24, 2.45) is 5.92 Å². The summed E-state index contributed by atoms with van der Waals surface area (Å²) < 4.78 is 1.81. The third-order valence-corrected chi connectivity index (χ3v) is 4.11. The number of fused-ring (bicyclic) bond motifs is 1. The van der Waals surface area contributed by atoms with Crippen LogP contribution in [0.15, 0.2) is 30.6 Å². The largest absolute Gasteiger partial charge is 0.346 e. The lowest BCUT2D eigenvalue weighted by Crippen LogP contribution is -2.34. The Balaban J connectivity index is 1.65. The SMILES string of the molecule is CCn1ncnc1[C@H](C)NC(=O)C1Cc2ccccc2C1. The second kappa shape index (κ2) is 5.68. The van der Waals surface area contributed by atoms with Crippen molar-refractivity contribution < 1.29 is 4.79 Å². The van der Waals surface area contributed by atoms with E-state index >= 15 is 0 Å². The molecule has 2 aromatic rings. The van der Waals surface area contributed by atoms with Gasteiger partial charge < -0.3 is 5.32 Å². The maximum absolute atomic E-state index is 12.5. The second-order valence-electron chi connectivity index (χ2n) is 5.54. The van der Waals surface area contributed by atoms with Gasteiger partial charge in [-0.1, -0.05) is 24.3 Å². The molecule has 1 aliphatic rings. The zero-order valence-electron chi connectivity index (χ0n) is 12.4. The molecule has 1 N–H and O–H groups in total. The van der Waals surface area contributed by atoms with Crippen LogP contribution in [0.3, 0.4) is 0 Å². The molecule has 5 nitrogen and oxygen atoms in total. The van der Waals surface area contributed by atoms with Crippen molar-refractivity contribution in [3.63, 3.8) is 0 Å². The average molecular weight is 284 g/mol. The molecule has 1 amide bonds. The van der Waals surface area contributed by atoms with Crippen molar-refractivity contribution in [1.82, 2.24) is 20.1 Å². The smallest absolute Gasteiger partial charge is 0.224 e. The van der Waals surface area contributed by atoms with E-state index in [1.54, 1.807) is 0 Å². The summed E-state index contributed by atoms with van der Waals surface area (Å²) in [4.78, 5) is 16.7. The number of carbonyl (C=O) groups is 1. The zero-order chi connectivity index (χ0) is 14.8. The normalized spacial score (nSPS) is 15.7. The lowest BCUT2D eigenvalue weighted by atomic mass is 10.1. The Hall–Kier alpha value is -2.17. The molecule has 1 aliphatic carbocycles. The van der Waals surface area contributed by atoms with E-state index in [-0.39, 0.29) is 17.9 Å². The first-order valence-electron chi connectivity index (χ1n) is 7.44. The lowest BCUT2D eigenvalue weighted by Gasteiger charge is -2.16. The van der Waals surface area contributed by atoms with Crippen LogP contribution >= 0.6 is 0 Å². The summed E-state index contributed by atoms with van der Waals surface area (Å²) in [5.41, 5.74) is 2.59. The molecule has 110 valence electrons. The van der Waals surface area contributed by atoms with Crippen LogP contribution in [-0.2, 0) is 24.2 Å². The fourth-order valence-electron chi connectivity index (χ4n) is 2.99. The molecule has 1 aromatic carbocycles. The van der Waals surface area contributed by atoms with E-state index in [1.807, 2.05) is 30.7 Å². The number of rotatable bonds is 4. The molecular weight excluding hydrogens is 264 g/mol. The summed E-state index contributed by atoms with van der Waals surface area (Å²) in [5, 5.41) is 7.22. The standard InChI is InChI=1S/C16H20N4O/c1-3-20-15(17-10-18-20)11(2)19-16(21)14-8-12-6-4-5-7-13(12)9-14/h4-7,10-11,14H,3,8-9H2,1-2H3,(H,19,21)/t11-/m0/s1. The summed E-state index contributed by atoms with van der Waals surface area (Å²) in [7, 11) is 0. The fraction of sp³-hybridized carbons (Fsp3) is 0.438. The predicted molar refractivity (Wildman–Crippen MR) is 79.6 cm³/mol. The Labute approximate surface area is 124 Å². The van der Waals surface area contributed by atoms with Gasteiger partial charge in [-0.3, -0.25) is 4.79 Å². The number of carbonyl (C=O) groups excluding carboxylic acids is 1. The highest BCUT2D eigenvalue weighted by Crippen LogP contribution is 2.27. The third-order valence-electron chi connectivity index (χ3n) is 4.11. The molecule has 0 saturated carbocycles. The summed E-state index contributed by atoms with van der Waals surface area (Å²) in [6.45, 7) is 4.72. The van der Waals surface area contributed by atoms with E-state index in [0.717, 1.165) is 25.2 Å². The minimum atomic E-state index is -0.122. The Morgan fingerprint density at radius 1 is 1.38 bits per heavy atom. The van der Waals surface area contributed by atoms with E-state index in [9.17, 15) is 4.79 Å². The molecule has 0 aliphatic heterocycles. The first-order valence-corrected chi connectivity index (χ1v) is 7.44. The Morgan fingerprint density at radius 2 is 2.05 bits per heavy atom. The first kappa shape index (κ1) is 13.8. The van der Waals surface area contributed by atoms with Crippen molar-refractivity contribution in [2.45, 2.75) is 39.3 Å². The predicted octanol–water partition coefficient (Wildman–Crippen LogP) is 1.89. The van der Waals surface area contributed by atoms with Gasteiger partial charge in [-0.25, -0.2) is 9.67 Å². The summed E-state index contributed by atoms with van der Waals surface area (Å²) in [5.74, 6) is 0.938. The number of aromatic nitrogens is 3. The van der Waals surface area contributed by atoms with Crippen LogP contribution in [0.5, 0.6) is 0 Å². The lowest BCUT2D eigenvalue weighted by molar-refractivity contribution is -0.125. The monoisotopic (exact) mass is 284 g/mol.